The van der Waals surface area contributed by atoms with E-state index in [2.05, 4.69) is 20.5 Å². The van der Waals surface area contributed by atoms with E-state index in [4.69, 9.17) is 4.74 Å². The smallest absolute Gasteiger partial charge is 0.252 e. The van der Waals surface area contributed by atoms with Gasteiger partial charge in [0, 0.05) is 17.7 Å². The SMILES string of the molecule is COc1ccc(-c2[nH]nc3nc(-c4ccc(F)cc4)cc(C(=O)NCc4ccc(C)cc4)c23)cc1. The maximum atomic E-state index is 13.5. The Bertz CT molecular complexity index is 1490. The summed E-state index contributed by atoms with van der Waals surface area (Å²) in [5.41, 5.74) is 5.73. The molecule has 2 aromatic heterocycles. The number of carbonyl (C=O) groups is 1. The van der Waals surface area contributed by atoms with E-state index >= 15 is 0 Å². The standard InChI is InChI=1S/C28H23FN4O2/c1-17-3-5-18(6-4-17)16-30-28(34)23-15-24(19-7-11-21(29)12-8-19)31-27-25(23)26(32-33-27)20-9-13-22(35-2)14-10-20/h3-15H,16H2,1-2H3,(H,30,34)(H,31,32,33). The van der Waals surface area contributed by atoms with E-state index in [1.54, 1.807) is 25.3 Å². The Kier molecular flexibility index (Phi) is 5.97. The first-order valence-electron chi connectivity index (χ1n) is 11.1. The topological polar surface area (TPSA) is 79.9 Å². The summed E-state index contributed by atoms with van der Waals surface area (Å²) in [5, 5.41) is 11.1. The number of nitrogens with zero attached hydrogens (tertiary/aromatic N) is 2. The van der Waals surface area contributed by atoms with E-state index in [-0.39, 0.29) is 11.7 Å². The molecule has 2 N–H and O–H groups in total. The molecule has 0 spiro atoms. The minimum Gasteiger partial charge on any atom is -0.497 e. The van der Waals surface area contributed by atoms with Crippen LogP contribution in [0.5, 0.6) is 5.75 Å². The van der Waals surface area contributed by atoms with Crippen LogP contribution in [0.3, 0.4) is 0 Å². The van der Waals surface area contributed by atoms with E-state index < -0.39 is 0 Å². The van der Waals surface area contributed by atoms with Crippen molar-refractivity contribution >= 4 is 16.9 Å². The predicted octanol–water partition coefficient (Wildman–Crippen LogP) is 5.68. The number of rotatable bonds is 6. The molecule has 0 bridgehead atoms. The van der Waals surface area contributed by atoms with Crippen LogP contribution in [-0.4, -0.2) is 28.2 Å². The molecule has 174 valence electrons. The molecule has 0 unspecified atom stereocenters. The minimum atomic E-state index is -0.340. The molecule has 6 nitrogen and oxygen atoms in total. The number of pyridine rings is 1. The Morgan fingerprint density at radius 1 is 0.971 bits per heavy atom. The number of aromatic amines is 1. The van der Waals surface area contributed by atoms with Crippen LogP contribution < -0.4 is 10.1 Å². The van der Waals surface area contributed by atoms with Crippen molar-refractivity contribution in [1.82, 2.24) is 20.5 Å². The molecule has 0 aliphatic rings. The molecule has 5 rings (SSSR count). The van der Waals surface area contributed by atoms with Gasteiger partial charge in [0.25, 0.3) is 5.91 Å². The van der Waals surface area contributed by atoms with Gasteiger partial charge in [-0.3, -0.25) is 9.89 Å². The zero-order chi connectivity index (χ0) is 24.4. The third kappa shape index (κ3) is 4.61. The number of hydrogen-bond acceptors (Lipinski definition) is 4. The highest BCUT2D eigenvalue weighted by Crippen LogP contribution is 2.32. The number of hydrogen-bond donors (Lipinski definition) is 2. The van der Waals surface area contributed by atoms with Gasteiger partial charge in [-0.2, -0.15) is 5.10 Å². The van der Waals surface area contributed by atoms with Gasteiger partial charge in [0.2, 0.25) is 0 Å². The van der Waals surface area contributed by atoms with Crippen molar-refractivity contribution in [1.29, 1.82) is 0 Å². The van der Waals surface area contributed by atoms with Gasteiger partial charge in [0.1, 0.15) is 11.6 Å². The molecule has 0 saturated carbocycles. The predicted molar refractivity (Wildman–Crippen MR) is 134 cm³/mol. The summed E-state index contributed by atoms with van der Waals surface area (Å²) in [6.45, 7) is 2.40. The fourth-order valence-corrected chi connectivity index (χ4v) is 3.92. The van der Waals surface area contributed by atoms with E-state index in [1.165, 1.54) is 12.1 Å². The van der Waals surface area contributed by atoms with E-state index in [0.717, 1.165) is 22.4 Å². The van der Waals surface area contributed by atoms with Crippen LogP contribution in [0.15, 0.2) is 78.9 Å². The van der Waals surface area contributed by atoms with Crippen LogP contribution in [0.2, 0.25) is 0 Å². The fraction of sp³-hybridized carbons (Fsp3) is 0.107. The maximum absolute atomic E-state index is 13.5. The lowest BCUT2D eigenvalue weighted by Crippen LogP contribution is -2.23. The van der Waals surface area contributed by atoms with Gasteiger partial charge < -0.3 is 10.1 Å². The number of carbonyl (C=O) groups excluding carboxylic acids is 1. The Hall–Kier alpha value is -4.52. The fourth-order valence-electron chi connectivity index (χ4n) is 3.92. The highest BCUT2D eigenvalue weighted by atomic mass is 19.1. The van der Waals surface area contributed by atoms with Crippen molar-refractivity contribution in [3.05, 3.63) is 101 Å². The summed E-state index contributed by atoms with van der Waals surface area (Å²) in [5.74, 6) is 0.135. The molecule has 2 heterocycles. The second kappa shape index (κ2) is 9.38. The number of halogens is 1. The molecule has 1 amide bonds. The Morgan fingerprint density at radius 3 is 2.34 bits per heavy atom. The third-order valence-electron chi connectivity index (χ3n) is 5.86. The summed E-state index contributed by atoms with van der Waals surface area (Å²) in [4.78, 5) is 18.1. The Balaban J connectivity index is 1.59. The monoisotopic (exact) mass is 466 g/mol. The molecule has 0 aliphatic heterocycles. The second-order valence-corrected chi connectivity index (χ2v) is 8.26. The quantitative estimate of drug-likeness (QED) is 0.338. The Labute approximate surface area is 201 Å². The van der Waals surface area contributed by atoms with Crippen LogP contribution in [0.1, 0.15) is 21.5 Å². The van der Waals surface area contributed by atoms with Crippen molar-refractivity contribution in [3.63, 3.8) is 0 Å². The third-order valence-corrected chi connectivity index (χ3v) is 5.86. The first kappa shape index (κ1) is 22.3. The highest BCUT2D eigenvalue weighted by Gasteiger charge is 2.20. The number of aromatic nitrogens is 3. The number of methoxy groups -OCH3 is 1. The normalized spacial score (nSPS) is 10.9. The van der Waals surface area contributed by atoms with E-state index in [9.17, 15) is 9.18 Å². The molecule has 0 radical (unpaired) electrons. The average molecular weight is 467 g/mol. The summed E-state index contributed by atoms with van der Waals surface area (Å²) in [6.07, 6.45) is 0. The Morgan fingerprint density at radius 2 is 1.66 bits per heavy atom. The molecule has 0 atom stereocenters. The number of amides is 1. The van der Waals surface area contributed by atoms with Crippen molar-refractivity contribution in [2.75, 3.05) is 7.11 Å². The van der Waals surface area contributed by atoms with E-state index in [0.29, 0.717) is 40.1 Å². The molecule has 3 aromatic carbocycles. The number of fused-ring (bicyclic) bond motifs is 1. The van der Waals surface area contributed by atoms with Gasteiger partial charge in [-0.15, -0.1) is 0 Å². The van der Waals surface area contributed by atoms with Gasteiger partial charge in [-0.05, 0) is 67.1 Å². The van der Waals surface area contributed by atoms with Crippen LogP contribution >= 0.6 is 0 Å². The largest absolute Gasteiger partial charge is 0.497 e. The first-order valence-corrected chi connectivity index (χ1v) is 11.1. The molecule has 7 heteroatoms. The number of aryl methyl sites for hydroxylation is 1. The summed E-state index contributed by atoms with van der Waals surface area (Å²) in [6, 6.07) is 23.2. The summed E-state index contributed by atoms with van der Waals surface area (Å²) in [7, 11) is 1.61. The van der Waals surface area contributed by atoms with Crippen molar-refractivity contribution in [2.24, 2.45) is 0 Å². The number of H-pyrrole nitrogens is 1. The molecule has 0 saturated heterocycles. The maximum Gasteiger partial charge on any atom is 0.252 e. The van der Waals surface area contributed by atoms with Crippen LogP contribution in [0, 0.1) is 12.7 Å². The molecule has 5 aromatic rings. The summed E-state index contributed by atoms with van der Waals surface area (Å²) < 4.78 is 18.7. The highest BCUT2D eigenvalue weighted by molar-refractivity contribution is 6.11. The lowest BCUT2D eigenvalue weighted by molar-refractivity contribution is 0.0952. The molecule has 0 aliphatic carbocycles. The van der Waals surface area contributed by atoms with Crippen LogP contribution in [0.25, 0.3) is 33.5 Å². The summed E-state index contributed by atoms with van der Waals surface area (Å²) >= 11 is 0. The van der Waals surface area contributed by atoms with Crippen LogP contribution in [-0.2, 0) is 6.54 Å². The van der Waals surface area contributed by atoms with Gasteiger partial charge >= 0.3 is 0 Å². The first-order chi connectivity index (χ1) is 17.0. The van der Waals surface area contributed by atoms with Gasteiger partial charge in [-0.1, -0.05) is 29.8 Å². The van der Waals surface area contributed by atoms with Gasteiger partial charge in [0.15, 0.2) is 5.65 Å². The second-order valence-electron chi connectivity index (χ2n) is 8.26. The number of benzene rings is 3. The number of nitrogens with one attached hydrogen (secondary N) is 2. The van der Waals surface area contributed by atoms with E-state index in [1.807, 2.05) is 55.5 Å². The number of ether oxygens (including phenoxy) is 1. The zero-order valence-corrected chi connectivity index (χ0v) is 19.3. The lowest BCUT2D eigenvalue weighted by Gasteiger charge is -2.10. The molecular formula is C28H23FN4O2. The van der Waals surface area contributed by atoms with Crippen LogP contribution in [0.4, 0.5) is 4.39 Å². The lowest BCUT2D eigenvalue weighted by atomic mass is 10.0. The van der Waals surface area contributed by atoms with Gasteiger partial charge in [-0.25, -0.2) is 9.37 Å². The van der Waals surface area contributed by atoms with Crippen molar-refractivity contribution < 1.29 is 13.9 Å². The van der Waals surface area contributed by atoms with Crippen molar-refractivity contribution in [3.8, 4) is 28.3 Å². The molecule has 35 heavy (non-hydrogen) atoms. The van der Waals surface area contributed by atoms with Crippen molar-refractivity contribution in [2.45, 2.75) is 13.5 Å². The molecular weight excluding hydrogens is 443 g/mol. The minimum absolute atomic E-state index is 0.252. The average Bonchev–Trinajstić information content (AvgIpc) is 3.32. The zero-order valence-electron chi connectivity index (χ0n) is 19.3. The molecule has 0 fully saturated rings. The van der Waals surface area contributed by atoms with Gasteiger partial charge in [0.05, 0.1) is 29.4 Å².